The molecule has 14 heavy (non-hydrogen) atoms. The minimum absolute atomic E-state index is 0.139. The zero-order chi connectivity index (χ0) is 9.80. The molecule has 1 fully saturated rings. The van der Waals surface area contributed by atoms with E-state index in [9.17, 15) is 5.11 Å². The largest absolute Gasteiger partial charge is 0.391 e. The first-order chi connectivity index (χ1) is 6.86. The Morgan fingerprint density at radius 3 is 2.93 bits per heavy atom. The van der Waals surface area contributed by atoms with Crippen LogP contribution in [-0.4, -0.2) is 27.4 Å². The van der Waals surface area contributed by atoms with Crippen molar-refractivity contribution in [1.29, 1.82) is 0 Å². The van der Waals surface area contributed by atoms with Crippen LogP contribution in [0.3, 0.4) is 0 Å². The van der Waals surface area contributed by atoms with Crippen LogP contribution in [0.25, 0.3) is 0 Å². The van der Waals surface area contributed by atoms with Gasteiger partial charge in [0.25, 0.3) is 0 Å². The summed E-state index contributed by atoms with van der Waals surface area (Å²) in [6.07, 6.45) is 5.60. The number of nitrogens with one attached hydrogen (secondary N) is 1. The molecule has 2 rings (SSSR count). The first-order valence-corrected chi connectivity index (χ1v) is 5.08. The molecule has 1 heterocycles. The van der Waals surface area contributed by atoms with Gasteiger partial charge >= 0.3 is 0 Å². The van der Waals surface area contributed by atoms with Crippen LogP contribution in [-0.2, 0) is 0 Å². The van der Waals surface area contributed by atoms with Crippen LogP contribution >= 0.6 is 0 Å². The van der Waals surface area contributed by atoms with Crippen molar-refractivity contribution in [3.8, 4) is 0 Å². The lowest BCUT2D eigenvalue weighted by Crippen LogP contribution is -2.36. The SMILES string of the molecule is OC1CCCCC1Nc1cccnn1. The maximum atomic E-state index is 9.72. The van der Waals surface area contributed by atoms with Gasteiger partial charge in [0.15, 0.2) is 0 Å². The summed E-state index contributed by atoms with van der Waals surface area (Å²) in [4.78, 5) is 0. The normalized spacial score (nSPS) is 27.2. The second kappa shape index (κ2) is 4.37. The first kappa shape index (κ1) is 9.40. The second-order valence-electron chi connectivity index (χ2n) is 3.71. The van der Waals surface area contributed by atoms with Gasteiger partial charge in [-0.15, -0.1) is 5.10 Å². The maximum absolute atomic E-state index is 9.72. The molecule has 0 saturated heterocycles. The van der Waals surface area contributed by atoms with E-state index in [1.165, 1.54) is 6.42 Å². The van der Waals surface area contributed by atoms with Crippen molar-refractivity contribution in [2.75, 3.05) is 5.32 Å². The van der Waals surface area contributed by atoms with E-state index in [2.05, 4.69) is 15.5 Å². The fourth-order valence-corrected chi connectivity index (χ4v) is 1.85. The van der Waals surface area contributed by atoms with Gasteiger partial charge < -0.3 is 10.4 Å². The third-order valence-corrected chi connectivity index (χ3v) is 2.64. The second-order valence-corrected chi connectivity index (χ2v) is 3.71. The van der Waals surface area contributed by atoms with Crippen LogP contribution in [0.5, 0.6) is 0 Å². The van der Waals surface area contributed by atoms with Gasteiger partial charge in [0.1, 0.15) is 5.82 Å². The number of hydrogen-bond donors (Lipinski definition) is 2. The third-order valence-electron chi connectivity index (χ3n) is 2.64. The van der Waals surface area contributed by atoms with E-state index in [-0.39, 0.29) is 12.1 Å². The third kappa shape index (κ3) is 2.20. The van der Waals surface area contributed by atoms with E-state index in [1.54, 1.807) is 6.20 Å². The molecule has 1 saturated carbocycles. The van der Waals surface area contributed by atoms with E-state index in [4.69, 9.17) is 0 Å². The lowest BCUT2D eigenvalue weighted by molar-refractivity contribution is 0.116. The van der Waals surface area contributed by atoms with Crippen LogP contribution in [0, 0.1) is 0 Å². The molecular formula is C10H15N3O. The summed E-state index contributed by atoms with van der Waals surface area (Å²) in [7, 11) is 0. The Morgan fingerprint density at radius 2 is 2.21 bits per heavy atom. The Kier molecular flexibility index (Phi) is 2.93. The molecule has 1 aliphatic carbocycles. The van der Waals surface area contributed by atoms with E-state index in [0.717, 1.165) is 25.1 Å². The van der Waals surface area contributed by atoms with Gasteiger partial charge in [-0.1, -0.05) is 12.8 Å². The lowest BCUT2D eigenvalue weighted by atomic mass is 9.93. The predicted octanol–water partition coefficient (Wildman–Crippen LogP) is 1.19. The lowest BCUT2D eigenvalue weighted by Gasteiger charge is -2.28. The molecule has 4 heteroatoms. The minimum atomic E-state index is -0.245. The van der Waals surface area contributed by atoms with Crippen molar-refractivity contribution in [3.05, 3.63) is 18.3 Å². The summed E-state index contributed by atoms with van der Waals surface area (Å²) in [5, 5.41) is 20.6. The van der Waals surface area contributed by atoms with Gasteiger partial charge in [-0.05, 0) is 25.0 Å². The van der Waals surface area contributed by atoms with Crippen molar-refractivity contribution in [1.82, 2.24) is 10.2 Å². The summed E-state index contributed by atoms with van der Waals surface area (Å²) in [5.41, 5.74) is 0. The number of anilines is 1. The van der Waals surface area contributed by atoms with Crippen molar-refractivity contribution >= 4 is 5.82 Å². The molecule has 2 unspecified atom stereocenters. The molecule has 0 spiro atoms. The molecule has 2 atom stereocenters. The summed E-state index contributed by atoms with van der Waals surface area (Å²) in [6, 6.07) is 3.85. The van der Waals surface area contributed by atoms with Crippen LogP contribution in [0.1, 0.15) is 25.7 Å². The highest BCUT2D eigenvalue weighted by Crippen LogP contribution is 2.20. The Balaban J connectivity index is 1.96. The molecule has 76 valence electrons. The number of aliphatic hydroxyl groups is 1. The summed E-state index contributed by atoms with van der Waals surface area (Å²) in [5.74, 6) is 0.749. The highest BCUT2D eigenvalue weighted by Gasteiger charge is 2.22. The number of aliphatic hydroxyl groups excluding tert-OH is 1. The molecule has 0 aromatic carbocycles. The molecule has 0 aliphatic heterocycles. The summed E-state index contributed by atoms with van der Waals surface area (Å²) >= 11 is 0. The van der Waals surface area contributed by atoms with Crippen LogP contribution in [0.2, 0.25) is 0 Å². The molecule has 1 aromatic heterocycles. The summed E-state index contributed by atoms with van der Waals surface area (Å²) in [6.45, 7) is 0. The van der Waals surface area contributed by atoms with E-state index in [1.807, 2.05) is 12.1 Å². The number of nitrogens with zero attached hydrogens (tertiary/aromatic N) is 2. The van der Waals surface area contributed by atoms with Gasteiger partial charge in [-0.2, -0.15) is 5.10 Å². The summed E-state index contributed by atoms with van der Waals surface area (Å²) < 4.78 is 0. The number of rotatable bonds is 2. The van der Waals surface area contributed by atoms with Crippen LogP contribution < -0.4 is 5.32 Å². The predicted molar refractivity (Wildman–Crippen MR) is 53.9 cm³/mol. The quantitative estimate of drug-likeness (QED) is 0.740. The van der Waals surface area contributed by atoms with E-state index < -0.39 is 0 Å². The topological polar surface area (TPSA) is 58.0 Å². The standard InChI is InChI=1S/C10H15N3O/c14-9-5-2-1-4-8(9)12-10-6-3-7-11-13-10/h3,6-9,14H,1-2,4-5H2,(H,12,13). The van der Waals surface area contributed by atoms with Gasteiger partial charge in [-0.3, -0.25) is 0 Å². The molecule has 4 nitrogen and oxygen atoms in total. The van der Waals surface area contributed by atoms with Gasteiger partial charge in [0, 0.05) is 6.20 Å². The highest BCUT2D eigenvalue weighted by molar-refractivity contribution is 5.33. The zero-order valence-electron chi connectivity index (χ0n) is 8.06. The average molecular weight is 193 g/mol. The molecule has 0 radical (unpaired) electrons. The van der Waals surface area contributed by atoms with Crippen molar-refractivity contribution < 1.29 is 5.11 Å². The van der Waals surface area contributed by atoms with Gasteiger partial charge in [-0.25, -0.2) is 0 Å². The molecular weight excluding hydrogens is 178 g/mol. The number of hydrogen-bond acceptors (Lipinski definition) is 4. The molecule has 0 amide bonds. The Bertz CT molecular complexity index is 278. The minimum Gasteiger partial charge on any atom is -0.391 e. The average Bonchev–Trinajstić information content (AvgIpc) is 2.23. The Labute approximate surface area is 83.4 Å². The maximum Gasteiger partial charge on any atom is 0.148 e. The molecule has 0 bridgehead atoms. The van der Waals surface area contributed by atoms with Gasteiger partial charge in [0.05, 0.1) is 12.1 Å². The highest BCUT2D eigenvalue weighted by atomic mass is 16.3. The van der Waals surface area contributed by atoms with Crippen molar-refractivity contribution in [2.24, 2.45) is 0 Å². The Morgan fingerprint density at radius 1 is 1.36 bits per heavy atom. The smallest absolute Gasteiger partial charge is 0.148 e. The van der Waals surface area contributed by atoms with Crippen LogP contribution in [0.15, 0.2) is 18.3 Å². The van der Waals surface area contributed by atoms with Gasteiger partial charge in [0.2, 0.25) is 0 Å². The van der Waals surface area contributed by atoms with Crippen molar-refractivity contribution in [3.63, 3.8) is 0 Å². The van der Waals surface area contributed by atoms with Crippen molar-refractivity contribution in [2.45, 2.75) is 37.8 Å². The molecule has 1 aromatic rings. The monoisotopic (exact) mass is 193 g/mol. The van der Waals surface area contributed by atoms with Crippen LogP contribution in [0.4, 0.5) is 5.82 Å². The zero-order valence-corrected chi connectivity index (χ0v) is 8.06. The number of aromatic nitrogens is 2. The molecule has 1 aliphatic rings. The first-order valence-electron chi connectivity index (χ1n) is 5.08. The Hall–Kier alpha value is -1.16. The fraction of sp³-hybridized carbons (Fsp3) is 0.600. The fourth-order valence-electron chi connectivity index (χ4n) is 1.85. The van der Waals surface area contributed by atoms with E-state index >= 15 is 0 Å². The van der Waals surface area contributed by atoms with E-state index in [0.29, 0.717) is 0 Å². The molecule has 2 N–H and O–H groups in total.